The molecule has 0 fully saturated rings. The molecule has 0 aromatic rings. The summed E-state index contributed by atoms with van der Waals surface area (Å²) in [6.45, 7) is 5.06. The molecule has 0 saturated heterocycles. The average Bonchev–Trinajstić information content (AvgIpc) is 2.23. The van der Waals surface area contributed by atoms with E-state index in [1.54, 1.807) is 0 Å². The number of nitrogens with zero attached hydrogens (tertiary/aromatic N) is 1. The fourth-order valence-electron chi connectivity index (χ4n) is 1.13. The van der Waals surface area contributed by atoms with Crippen LogP contribution in [0.4, 0.5) is 17.6 Å². The van der Waals surface area contributed by atoms with Gasteiger partial charge in [-0.3, -0.25) is 4.79 Å². The molecule has 5 nitrogen and oxygen atoms in total. The summed E-state index contributed by atoms with van der Waals surface area (Å²) in [5, 5.41) is -5.54. The van der Waals surface area contributed by atoms with Gasteiger partial charge in [-0.2, -0.15) is 13.2 Å². The maximum absolute atomic E-state index is 13.6. The molecule has 0 heterocycles. The van der Waals surface area contributed by atoms with Crippen molar-refractivity contribution < 1.29 is 86.7 Å². The van der Waals surface area contributed by atoms with Crippen LogP contribution in [0.1, 0.15) is 0 Å². The first-order chi connectivity index (χ1) is 8.43. The summed E-state index contributed by atoms with van der Waals surface area (Å²) < 4.78 is 82.4. The second kappa shape index (κ2) is 8.01. The van der Waals surface area contributed by atoms with E-state index < -0.39 is 40.3 Å². The van der Waals surface area contributed by atoms with Gasteiger partial charge in [-0.25, -0.2) is 12.8 Å². The molecule has 0 bridgehead atoms. The Morgan fingerprint density at radius 3 is 1.70 bits per heavy atom. The Balaban J connectivity index is 0. The number of amides is 1. The average molecular weight is 343 g/mol. The minimum absolute atomic E-state index is 0. The smallest absolute Gasteiger partial charge is 0.745 e. The zero-order valence-corrected chi connectivity index (χ0v) is 14.4. The Morgan fingerprint density at radius 2 is 1.50 bits per heavy atom. The van der Waals surface area contributed by atoms with Crippen molar-refractivity contribution in [2.75, 3.05) is 13.1 Å². The second-order valence-corrected chi connectivity index (χ2v) is 4.81. The summed E-state index contributed by atoms with van der Waals surface area (Å²) >= 11 is 0. The van der Waals surface area contributed by atoms with Gasteiger partial charge in [0.15, 0.2) is 0 Å². The van der Waals surface area contributed by atoms with Gasteiger partial charge >= 0.3 is 62.6 Å². The van der Waals surface area contributed by atoms with Crippen LogP contribution in [-0.2, 0) is 14.9 Å². The van der Waals surface area contributed by atoms with Crippen molar-refractivity contribution in [3.8, 4) is 0 Å². The van der Waals surface area contributed by atoms with Crippen molar-refractivity contribution in [1.82, 2.24) is 4.90 Å². The number of carbonyl (C=O) groups excluding carboxylic acids is 1. The monoisotopic (exact) mass is 343 g/mol. The Labute approximate surface area is 155 Å². The second-order valence-electron chi connectivity index (χ2n) is 3.33. The van der Waals surface area contributed by atoms with Crippen molar-refractivity contribution in [3.63, 3.8) is 0 Å². The quantitative estimate of drug-likeness (QED) is 0.241. The van der Waals surface area contributed by atoms with Crippen LogP contribution in [0.25, 0.3) is 0 Å². The predicted molar refractivity (Wildman–Crippen MR) is 56.6 cm³/mol. The molecule has 0 spiro atoms. The third-order valence-corrected chi connectivity index (χ3v) is 3.07. The summed E-state index contributed by atoms with van der Waals surface area (Å²) in [6, 6.07) is 0. The standard InChI is InChI=1S/C9H11F4NO4S.K/c1-3-5-14(6-4-2)7(15)8(10,9(11,12)13)19(16,17)18;/h3-4H,1-2,5-6H2,(H,16,17,18);/q;+1/p-1. The van der Waals surface area contributed by atoms with E-state index in [9.17, 15) is 35.3 Å². The molecule has 0 aliphatic carbocycles. The molecular formula is C9H10F4KNO4S. The minimum Gasteiger partial charge on any atom is -0.745 e. The van der Waals surface area contributed by atoms with Gasteiger partial charge in [0, 0.05) is 13.1 Å². The normalized spacial score (nSPS) is 14.7. The summed E-state index contributed by atoms with van der Waals surface area (Å²) in [6.07, 6.45) is -4.31. The molecule has 0 aliphatic heterocycles. The first-order valence-electron chi connectivity index (χ1n) is 4.65. The summed E-state index contributed by atoms with van der Waals surface area (Å²) in [7, 11) is -6.60. The van der Waals surface area contributed by atoms with Crippen LogP contribution in [0.5, 0.6) is 0 Å². The number of alkyl halides is 4. The Morgan fingerprint density at radius 1 is 1.15 bits per heavy atom. The van der Waals surface area contributed by atoms with E-state index in [0.29, 0.717) is 0 Å². The number of carbonyl (C=O) groups is 1. The summed E-state index contributed by atoms with van der Waals surface area (Å²) in [5.74, 6) is -2.52. The van der Waals surface area contributed by atoms with E-state index >= 15 is 0 Å². The minimum atomic E-state index is -6.60. The molecule has 11 heteroatoms. The predicted octanol–water partition coefficient (Wildman–Crippen LogP) is -2.04. The fourth-order valence-corrected chi connectivity index (χ4v) is 1.75. The molecule has 0 aliphatic rings. The molecule has 0 saturated carbocycles. The third kappa shape index (κ3) is 4.61. The van der Waals surface area contributed by atoms with Crippen LogP contribution in [0.2, 0.25) is 0 Å². The zero-order valence-electron chi connectivity index (χ0n) is 10.5. The van der Waals surface area contributed by atoms with Crippen molar-refractivity contribution >= 4 is 16.0 Å². The van der Waals surface area contributed by atoms with E-state index in [1.807, 2.05) is 0 Å². The largest absolute Gasteiger partial charge is 1.00 e. The molecule has 0 aromatic heterocycles. The van der Waals surface area contributed by atoms with Gasteiger partial charge in [-0.1, -0.05) is 12.2 Å². The van der Waals surface area contributed by atoms with Gasteiger partial charge < -0.3 is 9.45 Å². The summed E-state index contributed by atoms with van der Waals surface area (Å²) in [4.78, 5) is 11.6. The van der Waals surface area contributed by atoms with Crippen LogP contribution in [0, 0.1) is 0 Å². The molecule has 0 radical (unpaired) electrons. The molecule has 0 aromatic carbocycles. The van der Waals surface area contributed by atoms with Crippen LogP contribution in [0.15, 0.2) is 25.3 Å². The van der Waals surface area contributed by atoms with Gasteiger partial charge in [-0.05, 0) is 0 Å². The maximum Gasteiger partial charge on any atom is 1.00 e. The number of rotatable bonds is 6. The van der Waals surface area contributed by atoms with E-state index in [1.165, 1.54) is 0 Å². The molecule has 1 unspecified atom stereocenters. The molecule has 110 valence electrons. The van der Waals surface area contributed by atoms with Crippen molar-refractivity contribution in [2.24, 2.45) is 0 Å². The van der Waals surface area contributed by atoms with Gasteiger partial charge in [-0.15, -0.1) is 13.2 Å². The van der Waals surface area contributed by atoms with Gasteiger partial charge in [0.1, 0.15) is 10.1 Å². The van der Waals surface area contributed by atoms with E-state index in [4.69, 9.17) is 0 Å². The number of hydrogen-bond acceptors (Lipinski definition) is 4. The fraction of sp³-hybridized carbons (Fsp3) is 0.444. The van der Waals surface area contributed by atoms with E-state index in [0.717, 1.165) is 12.2 Å². The maximum atomic E-state index is 13.6. The Hall–Kier alpha value is 0.216. The third-order valence-electron chi connectivity index (χ3n) is 1.97. The van der Waals surface area contributed by atoms with Crippen molar-refractivity contribution in [2.45, 2.75) is 11.2 Å². The van der Waals surface area contributed by atoms with Gasteiger partial charge in [0.25, 0.3) is 5.91 Å². The van der Waals surface area contributed by atoms with Gasteiger partial charge in [0.2, 0.25) is 0 Å². The van der Waals surface area contributed by atoms with Crippen LogP contribution in [-0.4, -0.2) is 48.0 Å². The Kier molecular flexibility index (Phi) is 9.01. The molecule has 1 atom stereocenters. The molecule has 1 amide bonds. The Bertz CT molecular complexity index is 469. The first-order valence-corrected chi connectivity index (χ1v) is 6.06. The molecular weight excluding hydrogens is 333 g/mol. The molecule has 20 heavy (non-hydrogen) atoms. The van der Waals surface area contributed by atoms with E-state index in [2.05, 4.69) is 13.2 Å². The van der Waals surface area contributed by atoms with Crippen LogP contribution in [0.3, 0.4) is 0 Å². The first kappa shape index (κ1) is 22.5. The van der Waals surface area contributed by atoms with Crippen LogP contribution >= 0.6 is 0 Å². The van der Waals surface area contributed by atoms with E-state index in [-0.39, 0.29) is 56.3 Å². The van der Waals surface area contributed by atoms with Crippen molar-refractivity contribution in [1.29, 1.82) is 0 Å². The van der Waals surface area contributed by atoms with Crippen molar-refractivity contribution in [3.05, 3.63) is 25.3 Å². The summed E-state index contributed by atoms with van der Waals surface area (Å²) in [5.41, 5.74) is 0. The van der Waals surface area contributed by atoms with Gasteiger partial charge in [0.05, 0.1) is 0 Å². The zero-order chi connectivity index (χ0) is 15.5. The molecule has 0 N–H and O–H groups in total. The topological polar surface area (TPSA) is 77.5 Å². The number of hydrogen-bond donors (Lipinski definition) is 0. The molecule has 0 rings (SSSR count). The SMILES string of the molecule is C=CCN(CC=C)C(=O)C(F)(C(F)(F)F)S(=O)(=O)[O-].[K+]. The van der Waals surface area contributed by atoms with Crippen LogP contribution < -0.4 is 51.4 Å². The number of halogens is 4.